The summed E-state index contributed by atoms with van der Waals surface area (Å²) in [5.74, 6) is -0.105. The number of para-hydroxylation sites is 1. The van der Waals surface area contributed by atoms with Crippen LogP contribution >= 0.6 is 11.6 Å². The molecule has 0 fully saturated rings. The Morgan fingerprint density at radius 1 is 0.903 bits per heavy atom. The van der Waals surface area contributed by atoms with Crippen molar-refractivity contribution in [3.8, 4) is 17.1 Å². The third-order valence-electron chi connectivity index (χ3n) is 5.31. The maximum Gasteiger partial charge on any atom is 0.271 e. The van der Waals surface area contributed by atoms with Gasteiger partial charge in [-0.15, -0.1) is 0 Å². The molecule has 0 amide bonds. The molecule has 0 N–H and O–H groups in total. The monoisotopic (exact) mass is 431 g/mol. The molecule has 0 unspecified atom stereocenters. The van der Waals surface area contributed by atoms with Gasteiger partial charge in [0.15, 0.2) is 5.65 Å². The largest absolute Gasteiger partial charge is 0.328 e. The van der Waals surface area contributed by atoms with Gasteiger partial charge >= 0.3 is 0 Å². The van der Waals surface area contributed by atoms with Crippen LogP contribution in [-0.2, 0) is 7.05 Å². The molecule has 152 valence electrons. The van der Waals surface area contributed by atoms with Gasteiger partial charge < -0.3 is 4.57 Å². The molecule has 2 heterocycles. The number of pyridine rings is 1. The van der Waals surface area contributed by atoms with E-state index in [4.69, 9.17) is 16.6 Å². The average Bonchev–Trinajstić information content (AvgIpc) is 2.78. The standard InChI is InChI=1S/C24H15ClFN3O2/c1-28-19-5-3-2-4-18(19)21(30)20-23(28)27-22(14-6-8-15(25)9-7-14)29(24(20)31)17-12-10-16(26)11-13-17/h2-13H,1H3. The van der Waals surface area contributed by atoms with E-state index in [1.54, 1.807) is 48.0 Å². The Bertz CT molecular complexity index is 1590. The van der Waals surface area contributed by atoms with Gasteiger partial charge in [0, 0.05) is 23.0 Å². The Balaban J connectivity index is 1.99. The molecule has 0 aliphatic heterocycles. The Morgan fingerprint density at radius 2 is 1.58 bits per heavy atom. The zero-order valence-corrected chi connectivity index (χ0v) is 17.1. The Hall–Kier alpha value is -3.77. The van der Waals surface area contributed by atoms with Gasteiger partial charge in [0.25, 0.3) is 5.56 Å². The van der Waals surface area contributed by atoms with Gasteiger partial charge in [-0.05, 0) is 60.7 Å². The third kappa shape index (κ3) is 3.04. The van der Waals surface area contributed by atoms with E-state index in [9.17, 15) is 14.0 Å². The lowest BCUT2D eigenvalue weighted by Gasteiger charge is -2.16. The van der Waals surface area contributed by atoms with E-state index in [0.717, 1.165) is 0 Å². The second-order valence-electron chi connectivity index (χ2n) is 7.16. The Labute approximate surface area is 180 Å². The summed E-state index contributed by atoms with van der Waals surface area (Å²) < 4.78 is 16.6. The van der Waals surface area contributed by atoms with Crippen molar-refractivity contribution in [3.63, 3.8) is 0 Å². The molecule has 5 nitrogen and oxygen atoms in total. The SMILES string of the molecule is Cn1c2ccccc2c(=O)c2c(=O)n(-c3ccc(F)cc3)c(-c3ccc(Cl)cc3)nc21. The van der Waals surface area contributed by atoms with Crippen molar-refractivity contribution < 1.29 is 4.39 Å². The van der Waals surface area contributed by atoms with Crippen molar-refractivity contribution in [2.75, 3.05) is 0 Å². The lowest BCUT2D eigenvalue weighted by Crippen LogP contribution is -2.28. The molecule has 0 bridgehead atoms. The lowest BCUT2D eigenvalue weighted by atomic mass is 10.1. The van der Waals surface area contributed by atoms with Crippen LogP contribution in [0.5, 0.6) is 0 Å². The second-order valence-corrected chi connectivity index (χ2v) is 7.60. The van der Waals surface area contributed by atoms with Crippen molar-refractivity contribution in [1.82, 2.24) is 14.1 Å². The number of rotatable bonds is 2. The first-order chi connectivity index (χ1) is 15.0. The fraction of sp³-hybridized carbons (Fsp3) is 0.0417. The fourth-order valence-corrected chi connectivity index (χ4v) is 3.91. The smallest absolute Gasteiger partial charge is 0.271 e. The van der Waals surface area contributed by atoms with E-state index < -0.39 is 11.4 Å². The second kappa shape index (κ2) is 7.18. The number of aryl methyl sites for hydroxylation is 1. The molecule has 2 aromatic heterocycles. The molecule has 0 radical (unpaired) electrons. The topological polar surface area (TPSA) is 56.9 Å². The Morgan fingerprint density at radius 3 is 2.29 bits per heavy atom. The third-order valence-corrected chi connectivity index (χ3v) is 5.56. The van der Waals surface area contributed by atoms with E-state index in [2.05, 4.69) is 0 Å². The first-order valence-electron chi connectivity index (χ1n) is 9.52. The van der Waals surface area contributed by atoms with Gasteiger partial charge in [0.1, 0.15) is 17.0 Å². The summed E-state index contributed by atoms with van der Waals surface area (Å²) >= 11 is 6.03. The van der Waals surface area contributed by atoms with Crippen LogP contribution in [0.1, 0.15) is 0 Å². The summed E-state index contributed by atoms with van der Waals surface area (Å²) in [6, 6.07) is 19.4. The first-order valence-corrected chi connectivity index (χ1v) is 9.90. The molecule has 5 rings (SSSR count). The predicted octanol–water partition coefficient (Wildman–Crippen LogP) is 4.70. The molecule has 0 aliphatic rings. The van der Waals surface area contributed by atoms with Crippen LogP contribution in [0.15, 0.2) is 82.4 Å². The molecule has 31 heavy (non-hydrogen) atoms. The molecule has 0 atom stereocenters. The number of benzene rings is 3. The minimum absolute atomic E-state index is 0.0248. The van der Waals surface area contributed by atoms with Crippen LogP contribution in [-0.4, -0.2) is 14.1 Å². The van der Waals surface area contributed by atoms with Crippen LogP contribution in [0.3, 0.4) is 0 Å². The average molecular weight is 432 g/mol. The summed E-state index contributed by atoms with van der Waals surface area (Å²) in [5.41, 5.74) is 1.08. The van der Waals surface area contributed by atoms with Gasteiger partial charge in [0.05, 0.1) is 11.2 Å². The molecule has 5 aromatic rings. The minimum Gasteiger partial charge on any atom is -0.328 e. The maximum atomic E-state index is 13.7. The summed E-state index contributed by atoms with van der Waals surface area (Å²) in [7, 11) is 1.77. The van der Waals surface area contributed by atoms with Gasteiger partial charge in [-0.25, -0.2) is 9.37 Å². The van der Waals surface area contributed by atoms with Crippen molar-refractivity contribution in [2.45, 2.75) is 0 Å². The summed E-state index contributed by atoms with van der Waals surface area (Å²) in [4.78, 5) is 31.7. The number of aromatic nitrogens is 3. The van der Waals surface area contributed by atoms with Crippen LogP contribution in [0.25, 0.3) is 39.0 Å². The summed E-state index contributed by atoms with van der Waals surface area (Å²) in [6.07, 6.45) is 0. The normalized spacial score (nSPS) is 11.3. The van der Waals surface area contributed by atoms with Crippen molar-refractivity contribution >= 4 is 33.5 Å². The van der Waals surface area contributed by atoms with Crippen molar-refractivity contribution in [2.24, 2.45) is 7.05 Å². The maximum absolute atomic E-state index is 13.7. The zero-order chi connectivity index (χ0) is 21.7. The van der Waals surface area contributed by atoms with E-state index in [1.165, 1.54) is 28.8 Å². The van der Waals surface area contributed by atoms with Gasteiger partial charge in [0.2, 0.25) is 5.43 Å². The number of halogens is 2. The molecule has 0 spiro atoms. The molecular weight excluding hydrogens is 417 g/mol. The van der Waals surface area contributed by atoms with E-state index in [-0.39, 0.29) is 16.5 Å². The van der Waals surface area contributed by atoms with Crippen LogP contribution < -0.4 is 11.0 Å². The fourth-order valence-electron chi connectivity index (χ4n) is 3.78. The van der Waals surface area contributed by atoms with E-state index in [0.29, 0.717) is 33.0 Å². The highest BCUT2D eigenvalue weighted by atomic mass is 35.5. The molecule has 0 aliphatic carbocycles. The number of nitrogens with zero attached hydrogens (tertiary/aromatic N) is 3. The summed E-state index contributed by atoms with van der Waals surface area (Å²) in [5, 5.41) is 0.947. The lowest BCUT2D eigenvalue weighted by molar-refractivity contribution is 0.627. The molecule has 0 saturated carbocycles. The molecule has 7 heteroatoms. The quantitative estimate of drug-likeness (QED) is 0.381. The number of hydrogen-bond donors (Lipinski definition) is 0. The van der Waals surface area contributed by atoms with Crippen LogP contribution in [0.2, 0.25) is 5.02 Å². The van der Waals surface area contributed by atoms with Crippen molar-refractivity contribution in [3.05, 3.63) is 104 Å². The molecule has 0 saturated heterocycles. The van der Waals surface area contributed by atoms with Crippen LogP contribution in [0.4, 0.5) is 4.39 Å². The highest BCUT2D eigenvalue weighted by molar-refractivity contribution is 6.30. The van der Waals surface area contributed by atoms with Crippen molar-refractivity contribution in [1.29, 1.82) is 0 Å². The minimum atomic E-state index is -0.520. The van der Waals surface area contributed by atoms with Gasteiger partial charge in [-0.2, -0.15) is 0 Å². The zero-order valence-electron chi connectivity index (χ0n) is 16.3. The van der Waals surface area contributed by atoms with Gasteiger partial charge in [-0.1, -0.05) is 23.7 Å². The van der Waals surface area contributed by atoms with E-state index >= 15 is 0 Å². The van der Waals surface area contributed by atoms with Crippen LogP contribution in [0, 0.1) is 5.82 Å². The first kappa shape index (κ1) is 19.2. The van der Waals surface area contributed by atoms with Gasteiger partial charge in [-0.3, -0.25) is 14.2 Å². The Kier molecular flexibility index (Phi) is 4.45. The number of hydrogen-bond acceptors (Lipinski definition) is 3. The predicted molar refractivity (Wildman–Crippen MR) is 120 cm³/mol. The highest BCUT2D eigenvalue weighted by Crippen LogP contribution is 2.24. The number of fused-ring (bicyclic) bond motifs is 2. The summed E-state index contributed by atoms with van der Waals surface area (Å²) in [6.45, 7) is 0. The highest BCUT2D eigenvalue weighted by Gasteiger charge is 2.20. The molecular formula is C24H15ClFN3O2. The molecule has 3 aromatic carbocycles. The van der Waals surface area contributed by atoms with E-state index in [1.807, 2.05) is 12.1 Å².